The number of aromatic nitrogens is 2. The van der Waals surface area contributed by atoms with E-state index in [2.05, 4.69) is 33.8 Å². The maximum atomic E-state index is 11.8. The third-order valence-corrected chi connectivity index (χ3v) is 3.77. The molecule has 1 aromatic heterocycles. The summed E-state index contributed by atoms with van der Waals surface area (Å²) in [6, 6.07) is 7.85. The first-order valence-electron chi connectivity index (χ1n) is 7.67. The van der Waals surface area contributed by atoms with Gasteiger partial charge in [-0.05, 0) is 30.4 Å². The van der Waals surface area contributed by atoms with Crippen molar-refractivity contribution in [3.05, 3.63) is 47.1 Å². The highest BCUT2D eigenvalue weighted by atomic mass is 16.5. The van der Waals surface area contributed by atoms with E-state index in [4.69, 9.17) is 4.52 Å². The lowest BCUT2D eigenvalue weighted by Gasteiger charge is -2.09. The van der Waals surface area contributed by atoms with Crippen LogP contribution in [0.4, 0.5) is 4.79 Å². The zero-order chi connectivity index (χ0) is 15.4. The molecule has 1 aliphatic carbocycles. The Labute approximate surface area is 129 Å². The number of carbonyl (C=O) groups excluding carboxylic acids is 1. The first kappa shape index (κ1) is 14.6. The first-order valence-corrected chi connectivity index (χ1v) is 7.67. The first-order chi connectivity index (χ1) is 10.8. The second kappa shape index (κ2) is 6.60. The molecule has 1 saturated carbocycles. The lowest BCUT2D eigenvalue weighted by molar-refractivity contribution is 0.238. The number of benzene rings is 1. The maximum Gasteiger partial charge on any atom is 0.315 e. The number of hydrogen-bond donors (Lipinski definition) is 2. The lowest BCUT2D eigenvalue weighted by atomic mass is 10.1. The predicted molar refractivity (Wildman–Crippen MR) is 81.2 cm³/mol. The molecule has 0 atom stereocenters. The van der Waals surface area contributed by atoms with Gasteiger partial charge in [0.2, 0.25) is 5.89 Å². The van der Waals surface area contributed by atoms with E-state index in [0.717, 1.165) is 30.7 Å². The lowest BCUT2D eigenvalue weighted by Crippen LogP contribution is -2.34. The highest BCUT2D eigenvalue weighted by Crippen LogP contribution is 2.37. The monoisotopic (exact) mass is 300 g/mol. The van der Waals surface area contributed by atoms with Crippen LogP contribution in [0.2, 0.25) is 0 Å². The Hall–Kier alpha value is -2.37. The second-order valence-corrected chi connectivity index (χ2v) is 5.48. The van der Waals surface area contributed by atoms with Crippen molar-refractivity contribution < 1.29 is 9.32 Å². The summed E-state index contributed by atoms with van der Waals surface area (Å²) in [4.78, 5) is 16.1. The zero-order valence-corrected chi connectivity index (χ0v) is 12.6. The fraction of sp³-hybridized carbons (Fsp3) is 0.438. The quantitative estimate of drug-likeness (QED) is 0.859. The van der Waals surface area contributed by atoms with Gasteiger partial charge in [-0.25, -0.2) is 4.79 Å². The van der Waals surface area contributed by atoms with Crippen molar-refractivity contribution >= 4 is 6.03 Å². The minimum atomic E-state index is -0.239. The van der Waals surface area contributed by atoms with Crippen molar-refractivity contribution in [1.82, 2.24) is 20.8 Å². The fourth-order valence-corrected chi connectivity index (χ4v) is 2.32. The number of amides is 2. The summed E-state index contributed by atoms with van der Waals surface area (Å²) >= 11 is 0. The molecule has 6 heteroatoms. The summed E-state index contributed by atoms with van der Waals surface area (Å²) in [5, 5.41) is 9.49. The van der Waals surface area contributed by atoms with Crippen LogP contribution in [0.5, 0.6) is 0 Å². The van der Waals surface area contributed by atoms with E-state index in [-0.39, 0.29) is 12.6 Å². The number of nitrogens with one attached hydrogen (secondary N) is 2. The second-order valence-electron chi connectivity index (χ2n) is 5.48. The Balaban J connectivity index is 1.45. The molecular formula is C16H20N4O2. The smallest absolute Gasteiger partial charge is 0.315 e. The van der Waals surface area contributed by atoms with Crippen LogP contribution in [-0.4, -0.2) is 16.2 Å². The predicted octanol–water partition coefficient (Wildman–Crippen LogP) is 2.51. The Bertz CT molecular complexity index is 649. The van der Waals surface area contributed by atoms with E-state index in [9.17, 15) is 4.79 Å². The minimum absolute atomic E-state index is 0.239. The Kier molecular flexibility index (Phi) is 4.37. The van der Waals surface area contributed by atoms with Gasteiger partial charge in [0, 0.05) is 12.5 Å². The molecule has 2 aromatic rings. The molecule has 0 spiro atoms. The average molecular weight is 300 g/mol. The van der Waals surface area contributed by atoms with Crippen molar-refractivity contribution in [1.29, 1.82) is 0 Å². The van der Waals surface area contributed by atoms with Crippen molar-refractivity contribution in [3.8, 4) is 0 Å². The Morgan fingerprint density at radius 1 is 1.23 bits per heavy atom. The van der Waals surface area contributed by atoms with E-state index < -0.39 is 0 Å². The maximum absolute atomic E-state index is 11.8. The summed E-state index contributed by atoms with van der Waals surface area (Å²) < 4.78 is 5.11. The van der Waals surface area contributed by atoms with Crippen molar-refractivity contribution in [2.75, 3.05) is 0 Å². The molecule has 2 amide bonds. The molecule has 2 N–H and O–H groups in total. The van der Waals surface area contributed by atoms with Crippen molar-refractivity contribution in [3.63, 3.8) is 0 Å². The van der Waals surface area contributed by atoms with E-state index in [0.29, 0.717) is 18.4 Å². The zero-order valence-electron chi connectivity index (χ0n) is 12.6. The number of hydrogen-bond acceptors (Lipinski definition) is 4. The number of carbonyl (C=O) groups is 1. The van der Waals surface area contributed by atoms with Crippen molar-refractivity contribution in [2.45, 2.75) is 45.2 Å². The average Bonchev–Trinajstić information content (AvgIpc) is 3.30. The molecule has 1 fully saturated rings. The molecule has 3 rings (SSSR count). The van der Waals surface area contributed by atoms with E-state index >= 15 is 0 Å². The molecule has 0 radical (unpaired) electrons. The molecule has 1 aliphatic rings. The van der Waals surface area contributed by atoms with E-state index in [1.54, 1.807) is 0 Å². The molecule has 0 aliphatic heterocycles. The largest absolute Gasteiger partial charge is 0.337 e. The Morgan fingerprint density at radius 2 is 1.95 bits per heavy atom. The van der Waals surface area contributed by atoms with Gasteiger partial charge in [0.1, 0.15) is 0 Å². The molecule has 1 aromatic carbocycles. The highest BCUT2D eigenvalue weighted by molar-refractivity contribution is 5.73. The van der Waals surface area contributed by atoms with Gasteiger partial charge in [-0.15, -0.1) is 0 Å². The van der Waals surface area contributed by atoms with Gasteiger partial charge in [0.25, 0.3) is 0 Å². The van der Waals surface area contributed by atoms with Crippen LogP contribution >= 0.6 is 0 Å². The topological polar surface area (TPSA) is 80.0 Å². The van der Waals surface area contributed by atoms with Crippen LogP contribution in [0, 0.1) is 0 Å². The SMILES string of the molecule is CCc1ccccc1CNC(=O)NCc1nc(C2CC2)no1. The van der Waals surface area contributed by atoms with Crippen LogP contribution in [0.3, 0.4) is 0 Å². The number of urea groups is 1. The van der Waals surface area contributed by atoms with Crippen LogP contribution in [0.1, 0.15) is 48.5 Å². The number of nitrogens with zero attached hydrogens (tertiary/aromatic N) is 2. The number of rotatable bonds is 6. The van der Waals surface area contributed by atoms with Crippen molar-refractivity contribution in [2.24, 2.45) is 0 Å². The summed E-state index contributed by atoms with van der Waals surface area (Å²) in [7, 11) is 0. The van der Waals surface area contributed by atoms with Gasteiger partial charge in [0.05, 0.1) is 6.54 Å². The molecule has 1 heterocycles. The fourth-order valence-electron chi connectivity index (χ4n) is 2.32. The van der Waals surface area contributed by atoms with Crippen LogP contribution < -0.4 is 10.6 Å². The Morgan fingerprint density at radius 3 is 2.68 bits per heavy atom. The van der Waals surface area contributed by atoms with Crippen LogP contribution in [0.25, 0.3) is 0 Å². The summed E-state index contributed by atoms with van der Waals surface area (Å²) in [6.07, 6.45) is 3.21. The summed E-state index contributed by atoms with van der Waals surface area (Å²) in [6.45, 7) is 2.86. The third kappa shape index (κ3) is 3.63. The summed E-state index contributed by atoms with van der Waals surface area (Å²) in [5.41, 5.74) is 2.38. The van der Waals surface area contributed by atoms with Crippen LogP contribution in [0.15, 0.2) is 28.8 Å². The van der Waals surface area contributed by atoms with Gasteiger partial charge < -0.3 is 15.2 Å². The minimum Gasteiger partial charge on any atom is -0.337 e. The van der Waals surface area contributed by atoms with Gasteiger partial charge in [-0.3, -0.25) is 0 Å². The standard InChI is InChI=1S/C16H20N4O2/c1-2-11-5-3-4-6-13(11)9-17-16(21)18-10-14-19-15(20-22-14)12-7-8-12/h3-6,12H,2,7-10H2,1H3,(H2,17,18,21). The molecule has 116 valence electrons. The van der Waals surface area contributed by atoms with E-state index in [1.165, 1.54) is 5.56 Å². The normalized spacial score (nSPS) is 13.9. The third-order valence-electron chi connectivity index (χ3n) is 3.77. The van der Waals surface area contributed by atoms with Gasteiger partial charge >= 0.3 is 6.03 Å². The molecule has 0 bridgehead atoms. The highest BCUT2D eigenvalue weighted by Gasteiger charge is 2.28. The van der Waals surface area contributed by atoms with Gasteiger partial charge in [-0.1, -0.05) is 36.3 Å². The van der Waals surface area contributed by atoms with E-state index in [1.807, 2.05) is 18.2 Å². The van der Waals surface area contributed by atoms with Gasteiger partial charge in [0.15, 0.2) is 5.82 Å². The molecule has 22 heavy (non-hydrogen) atoms. The van der Waals surface area contributed by atoms with Crippen LogP contribution in [-0.2, 0) is 19.5 Å². The van der Waals surface area contributed by atoms with Gasteiger partial charge in [-0.2, -0.15) is 4.98 Å². The number of aryl methyl sites for hydroxylation is 1. The summed E-state index contributed by atoms with van der Waals surface area (Å²) in [5.74, 6) is 1.66. The molecule has 0 unspecified atom stereocenters. The molecule has 0 saturated heterocycles. The molecular weight excluding hydrogens is 280 g/mol. The molecule has 6 nitrogen and oxygen atoms in total.